The smallest absolute Gasteiger partial charge is 0.224 e. The standard InChI is InChI=1S/C16H24N2O2/c1-20-15-10-9-13(11-14(15)17)18-16(19)8-4-7-12-5-2-3-6-12/h9-12H,2-8,17H2,1H3,(H,18,19). The summed E-state index contributed by atoms with van der Waals surface area (Å²) in [6.45, 7) is 0. The van der Waals surface area contributed by atoms with Gasteiger partial charge in [0.05, 0.1) is 12.8 Å². The van der Waals surface area contributed by atoms with Gasteiger partial charge in [0, 0.05) is 12.1 Å². The Morgan fingerprint density at radius 2 is 2.15 bits per heavy atom. The third-order valence-electron chi connectivity index (χ3n) is 4.00. The molecular formula is C16H24N2O2. The van der Waals surface area contributed by atoms with Crippen molar-refractivity contribution in [1.82, 2.24) is 0 Å². The third kappa shape index (κ3) is 4.15. The summed E-state index contributed by atoms with van der Waals surface area (Å²) in [7, 11) is 1.58. The largest absolute Gasteiger partial charge is 0.495 e. The number of nitrogens with one attached hydrogen (secondary N) is 1. The van der Waals surface area contributed by atoms with Crippen molar-refractivity contribution >= 4 is 17.3 Å². The second kappa shape index (κ2) is 7.17. The molecule has 2 rings (SSSR count). The van der Waals surface area contributed by atoms with E-state index in [9.17, 15) is 4.79 Å². The molecule has 1 fully saturated rings. The van der Waals surface area contributed by atoms with Gasteiger partial charge in [-0.25, -0.2) is 0 Å². The highest BCUT2D eigenvalue weighted by Gasteiger charge is 2.15. The van der Waals surface area contributed by atoms with Gasteiger partial charge < -0.3 is 15.8 Å². The zero-order chi connectivity index (χ0) is 14.4. The lowest BCUT2D eigenvalue weighted by molar-refractivity contribution is -0.116. The molecule has 0 radical (unpaired) electrons. The van der Waals surface area contributed by atoms with Crippen molar-refractivity contribution in [2.24, 2.45) is 5.92 Å². The Balaban J connectivity index is 1.74. The first-order valence-corrected chi connectivity index (χ1v) is 7.42. The number of anilines is 2. The summed E-state index contributed by atoms with van der Waals surface area (Å²) in [6.07, 6.45) is 8.15. The van der Waals surface area contributed by atoms with Gasteiger partial charge in [0.25, 0.3) is 0 Å². The first-order valence-electron chi connectivity index (χ1n) is 7.42. The molecule has 1 aromatic rings. The number of nitrogen functional groups attached to an aromatic ring is 1. The monoisotopic (exact) mass is 276 g/mol. The van der Waals surface area contributed by atoms with E-state index in [4.69, 9.17) is 10.5 Å². The van der Waals surface area contributed by atoms with Gasteiger partial charge in [-0.3, -0.25) is 4.79 Å². The zero-order valence-corrected chi connectivity index (χ0v) is 12.2. The molecule has 1 saturated carbocycles. The second-order valence-corrected chi connectivity index (χ2v) is 5.55. The van der Waals surface area contributed by atoms with Gasteiger partial charge in [-0.15, -0.1) is 0 Å². The molecule has 1 aromatic carbocycles. The van der Waals surface area contributed by atoms with Crippen LogP contribution in [-0.4, -0.2) is 13.0 Å². The maximum Gasteiger partial charge on any atom is 0.224 e. The Bertz CT molecular complexity index is 454. The Morgan fingerprint density at radius 3 is 2.80 bits per heavy atom. The van der Waals surface area contributed by atoms with Crippen molar-refractivity contribution in [3.63, 3.8) is 0 Å². The van der Waals surface area contributed by atoms with Gasteiger partial charge in [-0.05, 0) is 37.0 Å². The maximum atomic E-state index is 11.9. The predicted molar refractivity (Wildman–Crippen MR) is 81.8 cm³/mol. The molecule has 1 aliphatic rings. The van der Waals surface area contributed by atoms with Crippen LogP contribution in [0.15, 0.2) is 18.2 Å². The molecule has 3 N–H and O–H groups in total. The average Bonchev–Trinajstić information content (AvgIpc) is 2.92. The highest BCUT2D eigenvalue weighted by molar-refractivity contribution is 5.91. The molecule has 0 aromatic heterocycles. The first kappa shape index (κ1) is 14.7. The van der Waals surface area contributed by atoms with E-state index in [-0.39, 0.29) is 5.91 Å². The molecule has 0 aliphatic heterocycles. The number of methoxy groups -OCH3 is 1. The van der Waals surface area contributed by atoms with Crippen molar-refractivity contribution in [3.8, 4) is 5.75 Å². The van der Waals surface area contributed by atoms with Crippen LogP contribution in [0, 0.1) is 5.92 Å². The first-order chi connectivity index (χ1) is 9.69. The van der Waals surface area contributed by atoms with Crippen LogP contribution in [0.3, 0.4) is 0 Å². The number of rotatable bonds is 6. The molecule has 4 nitrogen and oxygen atoms in total. The fraction of sp³-hybridized carbons (Fsp3) is 0.562. The number of ether oxygens (including phenoxy) is 1. The molecule has 1 aliphatic carbocycles. The quantitative estimate of drug-likeness (QED) is 0.781. The Kier molecular flexibility index (Phi) is 5.27. The summed E-state index contributed by atoms with van der Waals surface area (Å²) >= 11 is 0. The van der Waals surface area contributed by atoms with Gasteiger partial charge in [-0.2, -0.15) is 0 Å². The number of carbonyl (C=O) groups excluding carboxylic acids is 1. The van der Waals surface area contributed by atoms with Crippen LogP contribution in [0.25, 0.3) is 0 Å². The fourth-order valence-corrected chi connectivity index (χ4v) is 2.89. The number of amides is 1. The average molecular weight is 276 g/mol. The highest BCUT2D eigenvalue weighted by Crippen LogP contribution is 2.29. The highest BCUT2D eigenvalue weighted by atomic mass is 16.5. The lowest BCUT2D eigenvalue weighted by Crippen LogP contribution is -2.12. The van der Waals surface area contributed by atoms with Crippen molar-refractivity contribution in [2.75, 3.05) is 18.2 Å². The molecule has 110 valence electrons. The summed E-state index contributed by atoms with van der Waals surface area (Å²) < 4.78 is 5.09. The van der Waals surface area contributed by atoms with Crippen LogP contribution in [0.4, 0.5) is 11.4 Å². The lowest BCUT2D eigenvalue weighted by atomic mass is 10.0. The molecule has 20 heavy (non-hydrogen) atoms. The molecule has 4 heteroatoms. The van der Waals surface area contributed by atoms with E-state index >= 15 is 0 Å². The SMILES string of the molecule is COc1ccc(NC(=O)CCCC2CCCC2)cc1N. The van der Waals surface area contributed by atoms with Crippen LogP contribution in [-0.2, 0) is 4.79 Å². The predicted octanol–water partition coefficient (Wildman–Crippen LogP) is 3.58. The van der Waals surface area contributed by atoms with E-state index in [0.29, 0.717) is 17.9 Å². The summed E-state index contributed by atoms with van der Waals surface area (Å²) in [6, 6.07) is 5.31. The Morgan fingerprint density at radius 1 is 1.40 bits per heavy atom. The van der Waals surface area contributed by atoms with Crippen molar-refractivity contribution in [1.29, 1.82) is 0 Å². The van der Waals surface area contributed by atoms with Crippen molar-refractivity contribution < 1.29 is 9.53 Å². The minimum Gasteiger partial charge on any atom is -0.495 e. The number of hydrogen-bond donors (Lipinski definition) is 2. The summed E-state index contributed by atoms with van der Waals surface area (Å²) in [4.78, 5) is 11.9. The van der Waals surface area contributed by atoms with E-state index in [1.54, 1.807) is 19.2 Å². The number of hydrogen-bond acceptors (Lipinski definition) is 3. The van der Waals surface area contributed by atoms with E-state index in [1.807, 2.05) is 6.07 Å². The molecule has 0 bridgehead atoms. The van der Waals surface area contributed by atoms with Gasteiger partial charge in [-0.1, -0.05) is 25.7 Å². The molecule has 0 saturated heterocycles. The normalized spacial score (nSPS) is 15.2. The van der Waals surface area contributed by atoms with E-state index in [2.05, 4.69) is 5.32 Å². The van der Waals surface area contributed by atoms with Gasteiger partial charge in [0.1, 0.15) is 5.75 Å². The number of carbonyl (C=O) groups is 1. The minimum absolute atomic E-state index is 0.0626. The lowest BCUT2D eigenvalue weighted by Gasteiger charge is -2.10. The van der Waals surface area contributed by atoms with Gasteiger partial charge >= 0.3 is 0 Å². The molecule has 1 amide bonds. The van der Waals surface area contributed by atoms with Crippen LogP contribution < -0.4 is 15.8 Å². The minimum atomic E-state index is 0.0626. The number of nitrogens with two attached hydrogens (primary N) is 1. The number of benzene rings is 1. The summed E-state index contributed by atoms with van der Waals surface area (Å²) in [5, 5.41) is 2.88. The van der Waals surface area contributed by atoms with E-state index in [1.165, 1.54) is 32.1 Å². The maximum absolute atomic E-state index is 11.9. The van der Waals surface area contributed by atoms with Gasteiger partial charge in [0.15, 0.2) is 0 Å². The Labute approximate surface area is 120 Å². The van der Waals surface area contributed by atoms with Crippen LogP contribution in [0.5, 0.6) is 5.75 Å². The van der Waals surface area contributed by atoms with E-state index in [0.717, 1.165) is 18.0 Å². The Hall–Kier alpha value is -1.71. The van der Waals surface area contributed by atoms with Crippen LogP contribution >= 0.6 is 0 Å². The topological polar surface area (TPSA) is 64.3 Å². The van der Waals surface area contributed by atoms with Crippen molar-refractivity contribution in [2.45, 2.75) is 44.9 Å². The van der Waals surface area contributed by atoms with Crippen molar-refractivity contribution in [3.05, 3.63) is 18.2 Å². The molecule has 0 unspecified atom stereocenters. The molecule has 0 heterocycles. The van der Waals surface area contributed by atoms with E-state index < -0.39 is 0 Å². The fourth-order valence-electron chi connectivity index (χ4n) is 2.89. The molecule has 0 spiro atoms. The second-order valence-electron chi connectivity index (χ2n) is 5.55. The summed E-state index contributed by atoms with van der Waals surface area (Å²) in [5.74, 6) is 1.54. The van der Waals surface area contributed by atoms with Crippen LogP contribution in [0.1, 0.15) is 44.9 Å². The third-order valence-corrected chi connectivity index (χ3v) is 4.00. The summed E-state index contributed by atoms with van der Waals surface area (Å²) in [5.41, 5.74) is 7.08. The van der Waals surface area contributed by atoms with Gasteiger partial charge in [0.2, 0.25) is 5.91 Å². The molecular weight excluding hydrogens is 252 g/mol. The van der Waals surface area contributed by atoms with Crippen LogP contribution in [0.2, 0.25) is 0 Å². The molecule has 0 atom stereocenters. The zero-order valence-electron chi connectivity index (χ0n) is 12.2.